The summed E-state index contributed by atoms with van der Waals surface area (Å²) in [6, 6.07) is 8.60. The molecule has 3 atom stereocenters. The predicted octanol–water partition coefficient (Wildman–Crippen LogP) is 7.97. The molecule has 1 aromatic rings. The van der Waals surface area contributed by atoms with E-state index < -0.39 is 16.6 Å². The topological polar surface area (TPSA) is 27.7 Å². The van der Waals surface area contributed by atoms with Crippen molar-refractivity contribution in [3.8, 4) is 0 Å². The summed E-state index contributed by atoms with van der Waals surface area (Å²) in [4.78, 5) is 0. The molecule has 29 heavy (non-hydrogen) atoms. The highest BCUT2D eigenvalue weighted by atomic mass is 28.4. The lowest BCUT2D eigenvalue weighted by atomic mass is 9.93. The molecule has 0 aromatic heterocycles. The highest BCUT2D eigenvalue weighted by molar-refractivity contribution is 6.74. The van der Waals surface area contributed by atoms with Gasteiger partial charge in [-0.25, -0.2) is 0 Å². The fourth-order valence-electron chi connectivity index (χ4n) is 3.16. The molecule has 1 aromatic carbocycles. The molecule has 0 unspecified atom stereocenters. The summed E-state index contributed by atoms with van der Waals surface area (Å²) in [5.41, 5.74) is 2.40. The zero-order valence-electron chi connectivity index (χ0n) is 20.7. The minimum absolute atomic E-state index is 0.0219. The van der Waals surface area contributed by atoms with Crippen LogP contribution in [0.15, 0.2) is 24.3 Å². The average Bonchev–Trinajstić information content (AvgIpc) is 2.56. The van der Waals surface area contributed by atoms with Gasteiger partial charge in [0.05, 0.1) is 12.2 Å². The third kappa shape index (κ3) is 5.42. The second kappa shape index (κ2) is 8.58. The van der Waals surface area contributed by atoms with Crippen LogP contribution >= 0.6 is 0 Å². The Hall–Kier alpha value is -0.466. The second-order valence-electron chi connectivity index (χ2n) is 11.6. The van der Waals surface area contributed by atoms with Gasteiger partial charge in [0.15, 0.2) is 22.9 Å². The Kier molecular flexibility index (Phi) is 7.34. The maximum absolute atomic E-state index is 6.95. The number of ether oxygens (including phenoxy) is 1. The molecular weight excluding hydrogens is 392 g/mol. The van der Waals surface area contributed by atoms with Crippen molar-refractivity contribution >= 4 is 16.6 Å². The summed E-state index contributed by atoms with van der Waals surface area (Å²) in [7, 11) is -3.91. The first-order valence-electron chi connectivity index (χ1n) is 11.2. The van der Waals surface area contributed by atoms with E-state index in [4.69, 9.17) is 13.6 Å². The second-order valence-corrected chi connectivity index (χ2v) is 21.1. The normalized spacial score (nSPS) is 23.8. The van der Waals surface area contributed by atoms with Gasteiger partial charge < -0.3 is 13.6 Å². The molecule has 0 fully saturated rings. The van der Waals surface area contributed by atoms with Crippen molar-refractivity contribution in [2.75, 3.05) is 0 Å². The highest BCUT2D eigenvalue weighted by Crippen LogP contribution is 2.48. The fourth-order valence-corrected chi connectivity index (χ4v) is 5.50. The van der Waals surface area contributed by atoms with Crippen LogP contribution in [0.2, 0.25) is 36.3 Å². The number of rotatable bonds is 6. The van der Waals surface area contributed by atoms with E-state index in [-0.39, 0.29) is 28.6 Å². The van der Waals surface area contributed by atoms with Gasteiger partial charge >= 0.3 is 0 Å². The first kappa shape index (κ1) is 24.8. The van der Waals surface area contributed by atoms with E-state index in [2.05, 4.69) is 98.9 Å². The molecule has 0 radical (unpaired) electrons. The summed E-state index contributed by atoms with van der Waals surface area (Å²) in [6.45, 7) is 25.2. The Morgan fingerprint density at radius 3 is 1.79 bits per heavy atom. The van der Waals surface area contributed by atoms with Crippen LogP contribution < -0.4 is 0 Å². The lowest BCUT2D eigenvalue weighted by molar-refractivity contribution is -0.175. The summed E-state index contributed by atoms with van der Waals surface area (Å²) in [6.07, 6.45) is 1.75. The van der Waals surface area contributed by atoms with E-state index in [0.29, 0.717) is 0 Å². The van der Waals surface area contributed by atoms with Crippen molar-refractivity contribution in [3.63, 3.8) is 0 Å². The Bertz CT molecular complexity index is 686. The summed E-state index contributed by atoms with van der Waals surface area (Å²) >= 11 is 0. The van der Waals surface area contributed by atoms with Crippen LogP contribution in [0.3, 0.4) is 0 Å². The standard InChI is InChI=1S/C24H44O3Si2/c1-12-15-20-21(26-28(8,9)23(2,3)4)18-16-13-14-17-19(18)22(25-20)27-29(10,11)24(5,6)7/h13-14,16-17,20-22H,12,15H2,1-11H3/t20-,21-,22+/m0/s1. The quantitative estimate of drug-likeness (QED) is 0.423. The average molecular weight is 437 g/mol. The lowest BCUT2D eigenvalue weighted by Crippen LogP contribution is -2.48. The first-order valence-corrected chi connectivity index (χ1v) is 17.0. The molecule has 0 spiro atoms. The van der Waals surface area contributed by atoms with Gasteiger partial charge in [0.25, 0.3) is 0 Å². The van der Waals surface area contributed by atoms with Crippen molar-refractivity contribution in [2.45, 2.75) is 116 Å². The van der Waals surface area contributed by atoms with Crippen LogP contribution in [0.1, 0.15) is 84.8 Å². The third-order valence-electron chi connectivity index (χ3n) is 7.20. The molecular formula is C24H44O3Si2. The summed E-state index contributed by atoms with van der Waals surface area (Å²) in [5, 5.41) is 0.299. The van der Waals surface area contributed by atoms with E-state index in [1.165, 1.54) is 5.56 Å². The molecule has 1 aliphatic heterocycles. The monoisotopic (exact) mass is 436 g/mol. The van der Waals surface area contributed by atoms with Gasteiger partial charge in [0.1, 0.15) is 0 Å². The molecule has 2 rings (SSSR count). The van der Waals surface area contributed by atoms with Crippen LogP contribution in [0.5, 0.6) is 0 Å². The third-order valence-corrected chi connectivity index (χ3v) is 16.1. The molecule has 0 bridgehead atoms. The smallest absolute Gasteiger partial charge is 0.195 e. The molecule has 1 aliphatic rings. The van der Waals surface area contributed by atoms with E-state index >= 15 is 0 Å². The van der Waals surface area contributed by atoms with Gasteiger partial charge in [-0.2, -0.15) is 0 Å². The van der Waals surface area contributed by atoms with Crippen molar-refractivity contribution in [2.24, 2.45) is 0 Å². The largest absolute Gasteiger partial charge is 0.407 e. The van der Waals surface area contributed by atoms with Gasteiger partial charge in [-0.15, -0.1) is 0 Å². The van der Waals surface area contributed by atoms with E-state index in [9.17, 15) is 0 Å². The number of fused-ring (bicyclic) bond motifs is 1. The first-order chi connectivity index (χ1) is 13.1. The molecule has 1 heterocycles. The van der Waals surface area contributed by atoms with E-state index in [0.717, 1.165) is 18.4 Å². The van der Waals surface area contributed by atoms with Crippen LogP contribution in [0.25, 0.3) is 0 Å². The van der Waals surface area contributed by atoms with Gasteiger partial charge in [0, 0.05) is 5.56 Å². The molecule has 3 nitrogen and oxygen atoms in total. The summed E-state index contributed by atoms with van der Waals surface area (Å²) < 4.78 is 20.4. The Balaban J connectivity index is 2.46. The highest BCUT2D eigenvalue weighted by Gasteiger charge is 2.47. The zero-order chi connectivity index (χ0) is 22.3. The van der Waals surface area contributed by atoms with Crippen molar-refractivity contribution in [1.29, 1.82) is 0 Å². The van der Waals surface area contributed by atoms with Crippen LogP contribution in [-0.2, 0) is 13.6 Å². The molecule has 5 heteroatoms. The van der Waals surface area contributed by atoms with E-state index in [1.54, 1.807) is 0 Å². The zero-order valence-corrected chi connectivity index (χ0v) is 22.7. The number of hydrogen-bond acceptors (Lipinski definition) is 3. The fraction of sp³-hybridized carbons (Fsp3) is 0.750. The van der Waals surface area contributed by atoms with Crippen LogP contribution in [-0.4, -0.2) is 22.7 Å². The van der Waals surface area contributed by atoms with Crippen molar-refractivity contribution < 1.29 is 13.6 Å². The Morgan fingerprint density at radius 1 is 0.828 bits per heavy atom. The van der Waals surface area contributed by atoms with Gasteiger partial charge in [-0.1, -0.05) is 79.2 Å². The van der Waals surface area contributed by atoms with Crippen molar-refractivity contribution in [3.05, 3.63) is 35.4 Å². The van der Waals surface area contributed by atoms with Gasteiger partial charge in [-0.3, -0.25) is 0 Å². The molecule has 0 aliphatic carbocycles. The van der Waals surface area contributed by atoms with Gasteiger partial charge in [0.2, 0.25) is 0 Å². The van der Waals surface area contributed by atoms with Crippen LogP contribution in [0, 0.1) is 0 Å². The number of benzene rings is 1. The Labute approximate surface area is 181 Å². The maximum atomic E-state index is 6.95. The van der Waals surface area contributed by atoms with Crippen LogP contribution in [0.4, 0.5) is 0 Å². The molecule has 0 saturated carbocycles. The SMILES string of the molecule is CCC[C@@H]1O[C@H](O[Si](C)(C)C(C)(C)C)c2ccccc2[C@@H]1O[Si](C)(C)C(C)(C)C. The summed E-state index contributed by atoms with van der Waals surface area (Å²) in [5.74, 6) is 0. The maximum Gasteiger partial charge on any atom is 0.195 e. The number of hydrogen-bond donors (Lipinski definition) is 0. The Morgan fingerprint density at radius 2 is 1.31 bits per heavy atom. The predicted molar refractivity (Wildman–Crippen MR) is 128 cm³/mol. The molecule has 166 valence electrons. The lowest BCUT2D eigenvalue weighted by Gasteiger charge is -2.47. The van der Waals surface area contributed by atoms with Gasteiger partial charge in [-0.05, 0) is 48.2 Å². The minimum atomic E-state index is -1.97. The van der Waals surface area contributed by atoms with E-state index in [1.807, 2.05) is 0 Å². The van der Waals surface area contributed by atoms with Crippen molar-refractivity contribution in [1.82, 2.24) is 0 Å². The minimum Gasteiger partial charge on any atom is -0.407 e. The molecule has 0 amide bonds. The molecule has 0 N–H and O–H groups in total. The molecule has 0 saturated heterocycles.